The number of aryl methyl sites for hydroxylation is 2. The van der Waals surface area contributed by atoms with Crippen molar-refractivity contribution in [3.8, 4) is 11.5 Å². The van der Waals surface area contributed by atoms with Gasteiger partial charge in [0.15, 0.2) is 5.82 Å². The SMILES string of the molecule is COc1ccc(OC)c(CCc2nc3s/c(=C\c4ccc(Br)cc4)c(=O)n3n2)c1. The smallest absolute Gasteiger partial charge is 0.291 e. The van der Waals surface area contributed by atoms with E-state index in [0.29, 0.717) is 28.2 Å². The Hall–Kier alpha value is -2.71. The molecular formula is C21H18BrN3O3S. The monoisotopic (exact) mass is 471 g/mol. The van der Waals surface area contributed by atoms with Crippen molar-refractivity contribution in [1.82, 2.24) is 14.6 Å². The second-order valence-electron chi connectivity index (χ2n) is 6.37. The predicted octanol–water partition coefficient (Wildman–Crippen LogP) is 3.26. The minimum Gasteiger partial charge on any atom is -0.497 e. The molecule has 2 aromatic heterocycles. The molecule has 0 radical (unpaired) electrons. The lowest BCUT2D eigenvalue weighted by Gasteiger charge is -2.09. The molecule has 0 saturated heterocycles. The van der Waals surface area contributed by atoms with Crippen LogP contribution in [0.2, 0.25) is 0 Å². The highest BCUT2D eigenvalue weighted by atomic mass is 79.9. The molecule has 8 heteroatoms. The van der Waals surface area contributed by atoms with E-state index in [1.54, 1.807) is 14.2 Å². The van der Waals surface area contributed by atoms with E-state index in [1.165, 1.54) is 15.9 Å². The third-order valence-corrected chi connectivity index (χ3v) is 5.99. The summed E-state index contributed by atoms with van der Waals surface area (Å²) in [6, 6.07) is 13.5. The van der Waals surface area contributed by atoms with E-state index >= 15 is 0 Å². The summed E-state index contributed by atoms with van der Waals surface area (Å²) >= 11 is 4.76. The van der Waals surface area contributed by atoms with Crippen LogP contribution in [0.1, 0.15) is 17.0 Å². The van der Waals surface area contributed by atoms with Crippen LogP contribution in [-0.4, -0.2) is 28.8 Å². The lowest BCUT2D eigenvalue weighted by Crippen LogP contribution is -2.23. The van der Waals surface area contributed by atoms with E-state index in [9.17, 15) is 4.79 Å². The Bertz CT molecular complexity index is 1270. The molecule has 0 N–H and O–H groups in total. The molecule has 2 heterocycles. The fraction of sp³-hybridized carbons (Fsp3) is 0.190. The summed E-state index contributed by atoms with van der Waals surface area (Å²) in [5, 5.41) is 4.41. The van der Waals surface area contributed by atoms with Crippen LogP contribution in [0.15, 0.2) is 51.7 Å². The minimum absolute atomic E-state index is 0.148. The third-order valence-electron chi connectivity index (χ3n) is 4.50. The highest BCUT2D eigenvalue weighted by Gasteiger charge is 2.12. The Morgan fingerprint density at radius 1 is 1.10 bits per heavy atom. The summed E-state index contributed by atoms with van der Waals surface area (Å²) in [6.45, 7) is 0. The Morgan fingerprint density at radius 2 is 1.90 bits per heavy atom. The second-order valence-corrected chi connectivity index (χ2v) is 8.29. The molecule has 0 aliphatic carbocycles. The molecule has 0 fully saturated rings. The van der Waals surface area contributed by atoms with E-state index < -0.39 is 0 Å². The van der Waals surface area contributed by atoms with Crippen molar-refractivity contribution in [3.63, 3.8) is 0 Å². The first-order valence-corrected chi connectivity index (χ1v) is 10.5. The van der Waals surface area contributed by atoms with Crippen molar-refractivity contribution in [1.29, 1.82) is 0 Å². The summed E-state index contributed by atoms with van der Waals surface area (Å²) in [5.41, 5.74) is 1.82. The molecule has 0 aliphatic rings. The van der Waals surface area contributed by atoms with Crippen LogP contribution < -0.4 is 19.6 Å². The third kappa shape index (κ3) is 4.18. The molecule has 0 unspecified atom stereocenters. The van der Waals surface area contributed by atoms with Crippen LogP contribution in [0, 0.1) is 0 Å². The number of thiazole rings is 1. The Morgan fingerprint density at radius 3 is 2.59 bits per heavy atom. The molecule has 0 aliphatic heterocycles. The van der Waals surface area contributed by atoms with Crippen LogP contribution in [0.3, 0.4) is 0 Å². The lowest BCUT2D eigenvalue weighted by atomic mass is 10.1. The average Bonchev–Trinajstić information content (AvgIpc) is 3.26. The molecule has 6 nitrogen and oxygen atoms in total. The average molecular weight is 472 g/mol. The zero-order valence-corrected chi connectivity index (χ0v) is 18.3. The Kier molecular flexibility index (Phi) is 5.64. The van der Waals surface area contributed by atoms with Gasteiger partial charge in [-0.15, -0.1) is 5.10 Å². The normalized spacial score (nSPS) is 11.9. The number of halogens is 1. The van der Waals surface area contributed by atoms with Gasteiger partial charge >= 0.3 is 0 Å². The molecule has 4 rings (SSSR count). The van der Waals surface area contributed by atoms with Crippen molar-refractivity contribution in [3.05, 3.63) is 78.8 Å². The standard InChI is InChI=1S/C21H18BrN3O3S/c1-27-16-8-9-17(28-2)14(12-16)5-10-19-23-21-25(24-19)20(26)18(29-21)11-13-3-6-15(22)7-4-13/h3-4,6-9,11-12H,5,10H2,1-2H3/b18-11-. The van der Waals surface area contributed by atoms with Crippen molar-refractivity contribution in [2.75, 3.05) is 14.2 Å². The molecule has 0 bridgehead atoms. The van der Waals surface area contributed by atoms with Gasteiger partial charge in [-0.3, -0.25) is 4.79 Å². The van der Waals surface area contributed by atoms with E-state index in [1.807, 2.05) is 48.5 Å². The van der Waals surface area contributed by atoms with E-state index in [0.717, 1.165) is 27.1 Å². The van der Waals surface area contributed by atoms with Gasteiger partial charge in [-0.05, 0) is 54.0 Å². The zero-order valence-electron chi connectivity index (χ0n) is 15.9. The molecule has 29 heavy (non-hydrogen) atoms. The van der Waals surface area contributed by atoms with E-state index in [4.69, 9.17) is 9.47 Å². The van der Waals surface area contributed by atoms with E-state index in [2.05, 4.69) is 26.0 Å². The number of nitrogens with zero attached hydrogens (tertiary/aromatic N) is 3. The quantitative estimate of drug-likeness (QED) is 0.431. The van der Waals surface area contributed by atoms with E-state index in [-0.39, 0.29) is 5.56 Å². The maximum absolute atomic E-state index is 12.7. The molecule has 0 atom stereocenters. The minimum atomic E-state index is -0.148. The van der Waals surface area contributed by atoms with Gasteiger partial charge in [-0.2, -0.15) is 4.52 Å². The number of aromatic nitrogens is 3. The molecule has 0 spiro atoms. The molecule has 2 aromatic carbocycles. The van der Waals surface area contributed by atoms with Gasteiger partial charge in [0.1, 0.15) is 11.5 Å². The Labute approximate surface area is 179 Å². The molecule has 0 saturated carbocycles. The summed E-state index contributed by atoms with van der Waals surface area (Å²) < 4.78 is 13.7. The molecular weight excluding hydrogens is 454 g/mol. The maximum Gasteiger partial charge on any atom is 0.291 e. The summed E-state index contributed by atoms with van der Waals surface area (Å²) in [7, 11) is 3.28. The van der Waals surface area contributed by atoms with Crippen molar-refractivity contribution < 1.29 is 9.47 Å². The van der Waals surface area contributed by atoms with Crippen molar-refractivity contribution in [2.45, 2.75) is 12.8 Å². The number of benzene rings is 2. The summed E-state index contributed by atoms with van der Waals surface area (Å²) in [6.07, 6.45) is 3.14. The topological polar surface area (TPSA) is 65.7 Å². The van der Waals surface area contributed by atoms with Crippen LogP contribution in [0.5, 0.6) is 11.5 Å². The van der Waals surface area contributed by atoms with Gasteiger partial charge in [0.25, 0.3) is 5.56 Å². The van der Waals surface area contributed by atoms with Crippen LogP contribution in [0.25, 0.3) is 11.0 Å². The zero-order chi connectivity index (χ0) is 20.4. The number of fused-ring (bicyclic) bond motifs is 1. The first kappa shape index (κ1) is 19.6. The number of methoxy groups -OCH3 is 2. The number of ether oxygens (including phenoxy) is 2. The van der Waals surface area contributed by atoms with Gasteiger partial charge in [0.05, 0.1) is 18.8 Å². The molecule has 148 valence electrons. The molecule has 0 amide bonds. The highest BCUT2D eigenvalue weighted by molar-refractivity contribution is 9.10. The van der Waals surface area contributed by atoms with Gasteiger partial charge in [0, 0.05) is 10.9 Å². The van der Waals surface area contributed by atoms with Crippen LogP contribution in [0.4, 0.5) is 0 Å². The van der Waals surface area contributed by atoms with Crippen LogP contribution in [-0.2, 0) is 12.8 Å². The fourth-order valence-electron chi connectivity index (χ4n) is 3.01. The van der Waals surface area contributed by atoms with Gasteiger partial charge in [-0.1, -0.05) is 39.4 Å². The van der Waals surface area contributed by atoms with Gasteiger partial charge in [-0.25, -0.2) is 4.98 Å². The first-order chi connectivity index (χ1) is 14.1. The van der Waals surface area contributed by atoms with Crippen LogP contribution >= 0.6 is 27.3 Å². The Balaban J connectivity index is 1.58. The highest BCUT2D eigenvalue weighted by Crippen LogP contribution is 2.25. The molecule has 4 aromatic rings. The maximum atomic E-state index is 12.7. The number of hydrogen-bond acceptors (Lipinski definition) is 6. The lowest BCUT2D eigenvalue weighted by molar-refractivity contribution is 0.398. The number of hydrogen-bond donors (Lipinski definition) is 0. The van der Waals surface area contributed by atoms with Crippen molar-refractivity contribution in [2.24, 2.45) is 0 Å². The number of rotatable bonds is 6. The first-order valence-electron chi connectivity index (χ1n) is 8.94. The predicted molar refractivity (Wildman–Crippen MR) is 117 cm³/mol. The summed E-state index contributed by atoms with van der Waals surface area (Å²) in [5.74, 6) is 2.20. The fourth-order valence-corrected chi connectivity index (χ4v) is 4.21. The second kappa shape index (κ2) is 8.34. The largest absolute Gasteiger partial charge is 0.497 e. The van der Waals surface area contributed by atoms with Crippen molar-refractivity contribution >= 4 is 38.3 Å². The summed E-state index contributed by atoms with van der Waals surface area (Å²) in [4.78, 5) is 17.8. The van der Waals surface area contributed by atoms with Gasteiger partial charge < -0.3 is 9.47 Å². The van der Waals surface area contributed by atoms with Gasteiger partial charge in [0.2, 0.25) is 4.96 Å².